The van der Waals surface area contributed by atoms with E-state index in [1.165, 1.54) is 5.57 Å². The highest BCUT2D eigenvalue weighted by molar-refractivity contribution is 6.21. The quantitative estimate of drug-likeness (QED) is 0.426. The zero-order chi connectivity index (χ0) is 20.1. The van der Waals surface area contributed by atoms with Crippen LogP contribution in [0.5, 0.6) is 0 Å². The Balaban J connectivity index is 1.60. The number of halogens is 2. The van der Waals surface area contributed by atoms with Crippen LogP contribution in [0, 0.1) is 22.2 Å². The maximum Gasteiger partial charge on any atom is 0.0684 e. The van der Waals surface area contributed by atoms with Gasteiger partial charge < -0.3 is 18.9 Å². The molecule has 28 heavy (non-hydrogen) atoms. The van der Waals surface area contributed by atoms with Gasteiger partial charge in [0.15, 0.2) is 0 Å². The fourth-order valence-electron chi connectivity index (χ4n) is 4.04. The third-order valence-electron chi connectivity index (χ3n) is 6.88. The lowest BCUT2D eigenvalue weighted by Crippen LogP contribution is -2.47. The minimum atomic E-state index is -0.298. The molecule has 2 saturated heterocycles. The van der Waals surface area contributed by atoms with Gasteiger partial charge in [0.25, 0.3) is 0 Å². The van der Waals surface area contributed by atoms with Crippen LogP contribution in [0.3, 0.4) is 0 Å². The van der Waals surface area contributed by atoms with E-state index in [1.54, 1.807) is 0 Å². The van der Waals surface area contributed by atoms with Gasteiger partial charge in [-0.3, -0.25) is 0 Å². The van der Waals surface area contributed by atoms with Crippen molar-refractivity contribution in [1.29, 1.82) is 0 Å². The van der Waals surface area contributed by atoms with Crippen LogP contribution in [0.2, 0.25) is 0 Å². The van der Waals surface area contributed by atoms with Crippen LogP contribution < -0.4 is 0 Å². The minimum Gasteiger partial charge on any atom is -0.380 e. The van der Waals surface area contributed by atoms with E-state index in [1.807, 2.05) is 0 Å². The van der Waals surface area contributed by atoms with Crippen molar-refractivity contribution in [2.24, 2.45) is 22.2 Å². The fraction of sp³-hybridized carbons (Fsp3) is 0.818. The van der Waals surface area contributed by atoms with E-state index < -0.39 is 0 Å². The summed E-state index contributed by atoms with van der Waals surface area (Å²) in [7, 11) is 0. The SMILES string of the molecule is CCC1(COCC2=CC=CC(CCl)(CCl)C2COCC2(CC)COC2)COC1. The lowest BCUT2D eigenvalue weighted by Gasteiger charge is -2.43. The van der Waals surface area contributed by atoms with E-state index in [-0.39, 0.29) is 22.2 Å². The number of hydrogen-bond acceptors (Lipinski definition) is 4. The lowest BCUT2D eigenvalue weighted by atomic mass is 9.72. The van der Waals surface area contributed by atoms with E-state index in [0.29, 0.717) is 25.0 Å². The van der Waals surface area contributed by atoms with Crippen molar-refractivity contribution >= 4 is 23.2 Å². The summed E-state index contributed by atoms with van der Waals surface area (Å²) < 4.78 is 23.2. The third kappa shape index (κ3) is 4.63. The Morgan fingerprint density at radius 2 is 1.54 bits per heavy atom. The summed E-state index contributed by atoms with van der Waals surface area (Å²) in [6.45, 7) is 10.2. The molecule has 0 aromatic rings. The molecule has 4 nitrogen and oxygen atoms in total. The second-order valence-corrected chi connectivity index (χ2v) is 9.39. The Labute approximate surface area is 179 Å². The number of alkyl halides is 2. The minimum absolute atomic E-state index is 0.123. The molecular weight excluding hydrogens is 399 g/mol. The van der Waals surface area contributed by atoms with E-state index in [4.69, 9.17) is 42.1 Å². The molecule has 160 valence electrons. The van der Waals surface area contributed by atoms with E-state index in [2.05, 4.69) is 32.1 Å². The van der Waals surface area contributed by atoms with Gasteiger partial charge in [0.1, 0.15) is 0 Å². The van der Waals surface area contributed by atoms with Crippen LogP contribution in [-0.4, -0.2) is 64.6 Å². The number of allylic oxidation sites excluding steroid dienone is 3. The number of rotatable bonds is 12. The van der Waals surface area contributed by atoms with Crippen molar-refractivity contribution in [1.82, 2.24) is 0 Å². The smallest absolute Gasteiger partial charge is 0.0684 e. The molecule has 0 aromatic carbocycles. The summed E-state index contributed by atoms with van der Waals surface area (Å²) in [5.74, 6) is 1.05. The van der Waals surface area contributed by atoms with Crippen LogP contribution in [-0.2, 0) is 18.9 Å². The van der Waals surface area contributed by atoms with Crippen LogP contribution in [0.4, 0.5) is 0 Å². The first kappa shape index (κ1) is 22.6. The monoisotopic (exact) mass is 432 g/mol. The molecule has 1 atom stereocenters. The summed E-state index contributed by atoms with van der Waals surface area (Å²) in [6.07, 6.45) is 8.49. The molecule has 2 fully saturated rings. The first-order chi connectivity index (χ1) is 13.6. The summed E-state index contributed by atoms with van der Waals surface area (Å²) in [6, 6.07) is 0. The van der Waals surface area contributed by atoms with Crippen LogP contribution in [0.25, 0.3) is 0 Å². The van der Waals surface area contributed by atoms with Gasteiger partial charge in [0, 0.05) is 33.9 Å². The molecule has 0 saturated carbocycles. The molecule has 0 radical (unpaired) electrons. The van der Waals surface area contributed by atoms with E-state index in [0.717, 1.165) is 52.5 Å². The highest BCUT2D eigenvalue weighted by atomic mass is 35.5. The fourth-order valence-corrected chi connectivity index (χ4v) is 4.87. The molecule has 3 rings (SSSR count). The molecule has 1 aliphatic carbocycles. The Bertz CT molecular complexity index is 552. The predicted molar refractivity (Wildman–Crippen MR) is 113 cm³/mol. The van der Waals surface area contributed by atoms with Crippen LogP contribution in [0.1, 0.15) is 26.7 Å². The van der Waals surface area contributed by atoms with Gasteiger partial charge in [-0.05, 0) is 18.4 Å². The average Bonchev–Trinajstić information content (AvgIpc) is 2.66. The molecule has 2 aliphatic heterocycles. The van der Waals surface area contributed by atoms with Crippen molar-refractivity contribution in [2.75, 3.05) is 64.6 Å². The standard InChI is InChI=1S/C22H34Cl2O4/c1-3-20(14-27-15-20)12-25-8-18-6-5-7-22(10-23,11-24)19(18)9-26-13-21(4-2)16-28-17-21/h5-7,19H,3-4,8-17H2,1-2H3. The van der Waals surface area contributed by atoms with Crippen molar-refractivity contribution in [2.45, 2.75) is 26.7 Å². The van der Waals surface area contributed by atoms with Crippen molar-refractivity contribution in [3.63, 3.8) is 0 Å². The van der Waals surface area contributed by atoms with Crippen LogP contribution in [0.15, 0.2) is 23.8 Å². The average molecular weight is 433 g/mol. The van der Waals surface area contributed by atoms with Gasteiger partial charge in [-0.25, -0.2) is 0 Å². The summed E-state index contributed by atoms with van der Waals surface area (Å²) in [4.78, 5) is 0. The summed E-state index contributed by atoms with van der Waals surface area (Å²) in [5, 5.41) is 0. The topological polar surface area (TPSA) is 36.9 Å². The van der Waals surface area contributed by atoms with Gasteiger partial charge in [-0.15, -0.1) is 23.2 Å². The van der Waals surface area contributed by atoms with Crippen LogP contribution >= 0.6 is 23.2 Å². The van der Waals surface area contributed by atoms with E-state index >= 15 is 0 Å². The Morgan fingerprint density at radius 1 is 0.964 bits per heavy atom. The van der Waals surface area contributed by atoms with Gasteiger partial charge in [0.05, 0.1) is 52.9 Å². The molecule has 1 unspecified atom stereocenters. The molecule has 0 spiro atoms. The molecule has 0 amide bonds. The molecular formula is C22H34Cl2O4. The first-order valence-electron chi connectivity index (χ1n) is 10.4. The zero-order valence-electron chi connectivity index (χ0n) is 17.2. The second-order valence-electron chi connectivity index (χ2n) is 8.85. The van der Waals surface area contributed by atoms with Gasteiger partial charge in [0.2, 0.25) is 0 Å². The highest BCUT2D eigenvalue weighted by Gasteiger charge is 2.42. The lowest BCUT2D eigenvalue weighted by molar-refractivity contribution is -0.155. The maximum atomic E-state index is 6.40. The number of ether oxygens (including phenoxy) is 4. The Hall–Kier alpha value is -0.100. The molecule has 6 heteroatoms. The highest BCUT2D eigenvalue weighted by Crippen LogP contribution is 2.41. The zero-order valence-corrected chi connectivity index (χ0v) is 18.7. The Morgan fingerprint density at radius 3 is 2.00 bits per heavy atom. The largest absolute Gasteiger partial charge is 0.380 e. The van der Waals surface area contributed by atoms with E-state index in [9.17, 15) is 0 Å². The number of hydrogen-bond donors (Lipinski definition) is 0. The summed E-state index contributed by atoms with van der Waals surface area (Å²) >= 11 is 12.8. The maximum absolute atomic E-state index is 6.40. The molecule has 3 aliphatic rings. The van der Waals surface area contributed by atoms with Gasteiger partial charge in [-0.2, -0.15) is 0 Å². The van der Waals surface area contributed by atoms with Gasteiger partial charge in [-0.1, -0.05) is 32.1 Å². The van der Waals surface area contributed by atoms with Crippen molar-refractivity contribution < 1.29 is 18.9 Å². The molecule has 0 N–H and O–H groups in total. The predicted octanol–water partition coefficient (Wildman–Crippen LogP) is 4.45. The van der Waals surface area contributed by atoms with Crippen molar-refractivity contribution in [3.8, 4) is 0 Å². The third-order valence-corrected chi connectivity index (χ3v) is 7.88. The van der Waals surface area contributed by atoms with Crippen molar-refractivity contribution in [3.05, 3.63) is 23.8 Å². The molecule has 0 aromatic heterocycles. The second kappa shape index (κ2) is 9.80. The Kier molecular flexibility index (Phi) is 7.91. The normalized spacial score (nSPS) is 27.0. The van der Waals surface area contributed by atoms with Gasteiger partial charge >= 0.3 is 0 Å². The summed E-state index contributed by atoms with van der Waals surface area (Å²) in [5.41, 5.74) is 1.28. The molecule has 0 bridgehead atoms. The first-order valence-corrected chi connectivity index (χ1v) is 11.4. The molecule has 2 heterocycles.